The molecule has 0 heterocycles. The summed E-state index contributed by atoms with van der Waals surface area (Å²) in [5.74, 6) is 0.697. The highest BCUT2D eigenvalue weighted by Crippen LogP contribution is 2.77. The lowest BCUT2D eigenvalue weighted by Crippen LogP contribution is -2.65. The first-order valence-corrected chi connectivity index (χ1v) is 16.1. The van der Waals surface area contributed by atoms with Gasteiger partial charge in [0.15, 0.2) is 0 Å². The van der Waals surface area contributed by atoms with Gasteiger partial charge in [0.05, 0.1) is 11.0 Å². The van der Waals surface area contributed by atoms with Crippen molar-refractivity contribution in [3.63, 3.8) is 0 Å². The molecule has 0 bridgehead atoms. The number of benzene rings is 1. The maximum absolute atomic E-state index is 12.6. The van der Waals surface area contributed by atoms with E-state index in [1.165, 1.54) is 31.3 Å². The molecule has 2 N–H and O–H groups in total. The molecule has 0 aliphatic heterocycles. The number of allylic oxidation sites excluding steroid dienone is 3. The number of carbonyl (C=O) groups is 2. The zero-order valence-electron chi connectivity index (χ0n) is 26.3. The number of carboxylic acid groups (broad SMARTS) is 2. The molecule has 0 saturated heterocycles. The van der Waals surface area contributed by atoms with Crippen LogP contribution < -0.4 is 0 Å². The first-order chi connectivity index (χ1) is 19.2. The predicted molar refractivity (Wildman–Crippen MR) is 166 cm³/mol. The third-order valence-corrected chi connectivity index (χ3v) is 13.8. The van der Waals surface area contributed by atoms with Crippen molar-refractivity contribution in [2.75, 3.05) is 0 Å². The molecule has 0 spiro atoms. The van der Waals surface area contributed by atoms with Crippen molar-refractivity contribution in [3.8, 4) is 0 Å². The summed E-state index contributed by atoms with van der Waals surface area (Å²) < 4.78 is 0. The van der Waals surface area contributed by atoms with E-state index in [2.05, 4.69) is 47.3 Å². The molecular formula is C37H52O4. The van der Waals surface area contributed by atoms with Gasteiger partial charge in [-0.3, -0.25) is 4.79 Å². The summed E-state index contributed by atoms with van der Waals surface area (Å²) in [6, 6.07) is 7.48. The average molecular weight is 561 g/mol. The largest absolute Gasteiger partial charge is 0.481 e. The van der Waals surface area contributed by atoms with Gasteiger partial charge in [-0.05, 0) is 133 Å². The van der Waals surface area contributed by atoms with Gasteiger partial charge < -0.3 is 10.2 Å². The lowest BCUT2D eigenvalue weighted by molar-refractivity contribution is -0.225. The summed E-state index contributed by atoms with van der Waals surface area (Å²) in [6.07, 6.45) is 15.2. The molecule has 5 aliphatic rings. The van der Waals surface area contributed by atoms with Gasteiger partial charge in [0, 0.05) is 0 Å². The number of aliphatic carboxylic acids is 1. The van der Waals surface area contributed by atoms with E-state index in [0.29, 0.717) is 29.2 Å². The smallest absolute Gasteiger partial charge is 0.335 e. The summed E-state index contributed by atoms with van der Waals surface area (Å²) in [6.45, 7) is 17.8. The van der Waals surface area contributed by atoms with Crippen LogP contribution in [0.3, 0.4) is 0 Å². The van der Waals surface area contributed by atoms with E-state index in [4.69, 9.17) is 0 Å². The molecule has 8 atom stereocenters. The number of hydrogen-bond acceptors (Lipinski definition) is 2. The molecule has 1 aromatic carbocycles. The molecule has 6 rings (SSSR count). The van der Waals surface area contributed by atoms with E-state index < -0.39 is 17.4 Å². The van der Waals surface area contributed by atoms with Crippen LogP contribution in [0.15, 0.2) is 43.0 Å². The fourth-order valence-electron chi connectivity index (χ4n) is 11.8. The molecule has 0 radical (unpaired) electrons. The van der Waals surface area contributed by atoms with E-state index in [-0.39, 0.29) is 21.7 Å². The fraction of sp³-hybridized carbons (Fsp3) is 0.676. The van der Waals surface area contributed by atoms with Crippen LogP contribution in [0.2, 0.25) is 0 Å². The van der Waals surface area contributed by atoms with E-state index in [9.17, 15) is 19.8 Å². The van der Waals surface area contributed by atoms with Crippen LogP contribution in [0.5, 0.6) is 0 Å². The second-order valence-electron chi connectivity index (χ2n) is 15.5. The van der Waals surface area contributed by atoms with E-state index in [0.717, 1.165) is 44.1 Å². The standard InChI is InChI=1S/C34H46O4.C3H6/c1-30(2)23(21-8-10-22(11-9-21)28(35)36)14-17-31(3)26(30)15-18-33(5)27(31)13-12-24-25-7-6-16-34(25,29(37)38)20-19-32(24,33)4;1-3-2/h8-11,14,24-27H,6-7,12-13,15-20H2,1-5H3,(H,35,36)(H,37,38);3H,1H2,2H3/t24?,25-,26?,27?,31?,32-,33?,34?;/m1./s1. The first-order valence-electron chi connectivity index (χ1n) is 16.1. The topological polar surface area (TPSA) is 74.6 Å². The van der Waals surface area contributed by atoms with Gasteiger partial charge in [-0.2, -0.15) is 0 Å². The van der Waals surface area contributed by atoms with Gasteiger partial charge in [0.1, 0.15) is 0 Å². The van der Waals surface area contributed by atoms with Crippen LogP contribution >= 0.6 is 0 Å². The van der Waals surface area contributed by atoms with Crippen molar-refractivity contribution in [3.05, 3.63) is 54.1 Å². The second kappa shape index (κ2) is 10.1. The zero-order chi connectivity index (χ0) is 30.0. The Morgan fingerprint density at radius 3 is 2.10 bits per heavy atom. The Morgan fingerprint density at radius 2 is 1.49 bits per heavy atom. The number of hydrogen-bond donors (Lipinski definition) is 2. The van der Waals surface area contributed by atoms with Gasteiger partial charge in [-0.15, -0.1) is 6.58 Å². The summed E-state index contributed by atoms with van der Waals surface area (Å²) >= 11 is 0. The lowest BCUT2D eigenvalue weighted by atomic mass is 9.32. The van der Waals surface area contributed by atoms with Crippen LogP contribution in [0.1, 0.15) is 122 Å². The summed E-state index contributed by atoms with van der Waals surface area (Å²) in [4.78, 5) is 24.0. The monoisotopic (exact) mass is 560 g/mol. The zero-order valence-corrected chi connectivity index (χ0v) is 26.3. The van der Waals surface area contributed by atoms with Crippen molar-refractivity contribution < 1.29 is 19.8 Å². The molecule has 0 aromatic heterocycles. The molecule has 4 fully saturated rings. The molecule has 6 unspecified atom stereocenters. The Hall–Kier alpha value is -2.36. The third kappa shape index (κ3) is 4.13. The molecule has 4 nitrogen and oxygen atoms in total. The quantitative estimate of drug-likeness (QED) is 0.361. The van der Waals surface area contributed by atoms with Crippen molar-refractivity contribution >= 4 is 17.5 Å². The minimum atomic E-state index is -0.877. The summed E-state index contributed by atoms with van der Waals surface area (Å²) in [5.41, 5.74) is 3.07. The van der Waals surface area contributed by atoms with Crippen molar-refractivity contribution in [2.45, 2.75) is 106 Å². The average Bonchev–Trinajstić information content (AvgIpc) is 3.35. The van der Waals surface area contributed by atoms with Crippen molar-refractivity contribution in [1.82, 2.24) is 0 Å². The van der Waals surface area contributed by atoms with E-state index >= 15 is 0 Å². The fourth-order valence-corrected chi connectivity index (χ4v) is 11.8. The Morgan fingerprint density at radius 1 is 0.829 bits per heavy atom. The number of fused-ring (bicyclic) bond motifs is 7. The highest BCUT2D eigenvalue weighted by Gasteiger charge is 2.70. The maximum atomic E-state index is 12.6. The maximum Gasteiger partial charge on any atom is 0.335 e. The minimum Gasteiger partial charge on any atom is -0.481 e. The molecule has 41 heavy (non-hydrogen) atoms. The minimum absolute atomic E-state index is 0.00724. The van der Waals surface area contributed by atoms with Crippen molar-refractivity contribution in [2.24, 2.45) is 50.7 Å². The van der Waals surface area contributed by atoms with Crippen LogP contribution in [0.25, 0.3) is 5.57 Å². The Kier molecular flexibility index (Phi) is 7.44. The Balaban J connectivity index is 0.00000108. The lowest BCUT2D eigenvalue weighted by Gasteiger charge is -2.72. The van der Waals surface area contributed by atoms with Gasteiger partial charge in [-0.1, -0.05) is 65.3 Å². The van der Waals surface area contributed by atoms with E-state index in [1.807, 2.05) is 19.1 Å². The van der Waals surface area contributed by atoms with Gasteiger partial charge in [-0.25, -0.2) is 4.79 Å². The molecule has 0 amide bonds. The number of carboxylic acids is 2. The highest BCUT2D eigenvalue weighted by atomic mass is 16.4. The summed E-state index contributed by atoms with van der Waals surface area (Å²) in [5, 5.41) is 19.7. The van der Waals surface area contributed by atoms with Gasteiger partial charge in [0.25, 0.3) is 0 Å². The SMILES string of the molecule is C=CC.CC1(C)C(c2ccc(C(=O)O)cc2)=CCC2(C)C1CCC1(C)C2CCC2[C@H]3CCCC3(C(=O)O)CC[C@]21C. The molecule has 5 aliphatic carbocycles. The second-order valence-corrected chi connectivity index (χ2v) is 15.5. The number of aromatic carboxylic acids is 1. The Labute approximate surface area is 247 Å². The van der Waals surface area contributed by atoms with Crippen LogP contribution in [-0.2, 0) is 4.79 Å². The molecule has 4 saturated carbocycles. The van der Waals surface area contributed by atoms with E-state index in [1.54, 1.807) is 18.2 Å². The molecule has 4 heteroatoms. The third-order valence-electron chi connectivity index (χ3n) is 13.8. The summed E-state index contributed by atoms with van der Waals surface area (Å²) in [7, 11) is 0. The molecule has 1 aromatic rings. The van der Waals surface area contributed by atoms with Gasteiger partial charge >= 0.3 is 11.9 Å². The Bertz CT molecular complexity index is 1240. The highest BCUT2D eigenvalue weighted by molar-refractivity contribution is 5.88. The molecular weight excluding hydrogens is 508 g/mol. The van der Waals surface area contributed by atoms with Crippen molar-refractivity contribution in [1.29, 1.82) is 0 Å². The predicted octanol–water partition coefficient (Wildman–Crippen LogP) is 9.51. The number of rotatable bonds is 3. The van der Waals surface area contributed by atoms with Gasteiger partial charge in [0.2, 0.25) is 0 Å². The van der Waals surface area contributed by atoms with Crippen LogP contribution in [0.4, 0.5) is 0 Å². The molecule has 224 valence electrons. The van der Waals surface area contributed by atoms with Crippen LogP contribution in [0, 0.1) is 50.7 Å². The normalized spacial score (nSPS) is 42.1. The first kappa shape index (κ1) is 30.1. The van der Waals surface area contributed by atoms with Crippen LogP contribution in [-0.4, -0.2) is 22.2 Å².